The lowest BCUT2D eigenvalue weighted by Gasteiger charge is -2.28. The van der Waals surface area contributed by atoms with E-state index < -0.39 is 5.60 Å². The molecule has 0 saturated heterocycles. The highest BCUT2D eigenvalue weighted by Crippen LogP contribution is 2.29. The smallest absolute Gasteiger partial charge is 0.222 e. The van der Waals surface area contributed by atoms with E-state index in [-0.39, 0.29) is 11.9 Å². The second-order valence-electron chi connectivity index (χ2n) is 5.20. The van der Waals surface area contributed by atoms with Crippen molar-refractivity contribution in [3.05, 3.63) is 0 Å². The minimum Gasteiger partial charge on any atom is -0.388 e. The van der Waals surface area contributed by atoms with Gasteiger partial charge in [0.2, 0.25) is 5.91 Å². The van der Waals surface area contributed by atoms with Crippen LogP contribution in [0.4, 0.5) is 0 Å². The van der Waals surface area contributed by atoms with Crippen LogP contribution in [-0.2, 0) is 4.79 Å². The molecule has 4 nitrogen and oxygen atoms in total. The quantitative estimate of drug-likeness (QED) is 0.734. The van der Waals surface area contributed by atoms with Gasteiger partial charge in [-0.3, -0.25) is 4.79 Å². The number of nitrogens with two attached hydrogens (primary N) is 1. The molecule has 0 bridgehead atoms. The Hall–Kier alpha value is -0.610. The van der Waals surface area contributed by atoms with Crippen molar-refractivity contribution in [1.82, 2.24) is 4.90 Å². The lowest BCUT2D eigenvalue weighted by Crippen LogP contribution is -2.42. The highest BCUT2D eigenvalue weighted by molar-refractivity contribution is 5.75. The zero-order valence-corrected chi connectivity index (χ0v) is 10.4. The fraction of sp³-hybridized carbons (Fsp3) is 0.917. The maximum atomic E-state index is 11.7. The van der Waals surface area contributed by atoms with Gasteiger partial charge in [0.25, 0.3) is 0 Å². The Balaban J connectivity index is 2.33. The zero-order chi connectivity index (χ0) is 12.2. The van der Waals surface area contributed by atoms with Crippen LogP contribution in [0, 0.1) is 0 Å². The summed E-state index contributed by atoms with van der Waals surface area (Å²) in [6.07, 6.45) is 4.96. The molecular formula is C12H24N2O2. The van der Waals surface area contributed by atoms with Crippen LogP contribution in [0.2, 0.25) is 0 Å². The first-order valence-corrected chi connectivity index (χ1v) is 6.15. The molecule has 0 aromatic rings. The Morgan fingerprint density at radius 2 is 2.06 bits per heavy atom. The van der Waals surface area contributed by atoms with E-state index in [9.17, 15) is 9.90 Å². The second kappa shape index (κ2) is 5.64. The Bertz CT molecular complexity index is 235. The summed E-state index contributed by atoms with van der Waals surface area (Å²) in [6, 6.07) is 0.0620. The molecule has 0 aromatic heterocycles. The van der Waals surface area contributed by atoms with Crippen molar-refractivity contribution in [2.45, 2.75) is 57.1 Å². The molecule has 0 heterocycles. The minimum absolute atomic E-state index is 0.0620. The molecule has 1 atom stereocenters. The molecule has 1 aliphatic carbocycles. The van der Waals surface area contributed by atoms with Gasteiger partial charge < -0.3 is 15.7 Å². The lowest BCUT2D eigenvalue weighted by atomic mass is 10.0. The summed E-state index contributed by atoms with van der Waals surface area (Å²) in [5, 5.41) is 10.2. The van der Waals surface area contributed by atoms with Crippen molar-refractivity contribution in [1.29, 1.82) is 0 Å². The van der Waals surface area contributed by atoms with Crippen LogP contribution >= 0.6 is 0 Å². The molecule has 1 fully saturated rings. The number of hydrogen-bond acceptors (Lipinski definition) is 3. The molecule has 1 aliphatic rings. The molecule has 4 heteroatoms. The maximum Gasteiger partial charge on any atom is 0.222 e. The number of carbonyl (C=O) groups excluding carboxylic acids is 1. The maximum absolute atomic E-state index is 11.7. The summed E-state index contributed by atoms with van der Waals surface area (Å²) >= 11 is 0. The summed E-state index contributed by atoms with van der Waals surface area (Å²) in [6.45, 7) is 2.36. The second-order valence-corrected chi connectivity index (χ2v) is 5.20. The Morgan fingerprint density at radius 1 is 1.50 bits per heavy atom. The molecule has 0 spiro atoms. The molecule has 94 valence electrons. The number of hydrogen-bond donors (Lipinski definition) is 2. The van der Waals surface area contributed by atoms with Gasteiger partial charge in [-0.2, -0.15) is 0 Å². The SMILES string of the molecule is CC(N)CCC(=O)N(C)CC1(O)CCCC1. The molecule has 1 amide bonds. The van der Waals surface area contributed by atoms with Crippen molar-refractivity contribution in [3.8, 4) is 0 Å². The molecular weight excluding hydrogens is 204 g/mol. The highest BCUT2D eigenvalue weighted by Gasteiger charge is 2.33. The van der Waals surface area contributed by atoms with Gasteiger partial charge in [0.1, 0.15) is 0 Å². The molecule has 16 heavy (non-hydrogen) atoms. The van der Waals surface area contributed by atoms with Crippen LogP contribution < -0.4 is 5.73 Å². The molecule has 1 unspecified atom stereocenters. The van der Waals surface area contributed by atoms with Crippen molar-refractivity contribution in [2.75, 3.05) is 13.6 Å². The van der Waals surface area contributed by atoms with Gasteiger partial charge >= 0.3 is 0 Å². The number of aliphatic hydroxyl groups is 1. The van der Waals surface area contributed by atoms with E-state index in [4.69, 9.17) is 5.73 Å². The third-order valence-electron chi connectivity index (χ3n) is 3.31. The fourth-order valence-corrected chi connectivity index (χ4v) is 2.26. The third kappa shape index (κ3) is 4.10. The summed E-state index contributed by atoms with van der Waals surface area (Å²) in [5.41, 5.74) is 4.97. The number of likely N-dealkylation sites (N-methyl/N-ethyl adjacent to an activating group) is 1. The predicted octanol–water partition coefficient (Wildman–Crippen LogP) is 0.877. The normalized spacial score (nSPS) is 20.8. The van der Waals surface area contributed by atoms with Crippen LogP contribution in [-0.4, -0.2) is 41.1 Å². The topological polar surface area (TPSA) is 66.6 Å². The molecule has 0 aliphatic heterocycles. The summed E-state index contributed by atoms with van der Waals surface area (Å²) in [5.74, 6) is 0.0811. The van der Waals surface area contributed by atoms with Gasteiger partial charge in [-0.25, -0.2) is 0 Å². The van der Waals surface area contributed by atoms with E-state index in [1.807, 2.05) is 6.92 Å². The number of amides is 1. The first-order chi connectivity index (χ1) is 7.43. The van der Waals surface area contributed by atoms with E-state index in [1.165, 1.54) is 0 Å². The van der Waals surface area contributed by atoms with E-state index in [2.05, 4.69) is 0 Å². The highest BCUT2D eigenvalue weighted by atomic mass is 16.3. The molecule has 3 N–H and O–H groups in total. The Morgan fingerprint density at radius 3 is 2.56 bits per heavy atom. The fourth-order valence-electron chi connectivity index (χ4n) is 2.26. The van der Waals surface area contributed by atoms with Gasteiger partial charge in [-0.05, 0) is 26.2 Å². The minimum atomic E-state index is -0.640. The standard InChI is InChI=1S/C12H24N2O2/c1-10(13)5-6-11(15)14(2)9-12(16)7-3-4-8-12/h10,16H,3-9,13H2,1-2H3. The molecule has 1 rings (SSSR count). The van der Waals surface area contributed by atoms with E-state index >= 15 is 0 Å². The van der Waals surface area contributed by atoms with Crippen molar-refractivity contribution in [2.24, 2.45) is 5.73 Å². The average molecular weight is 228 g/mol. The van der Waals surface area contributed by atoms with Gasteiger partial charge in [0.05, 0.1) is 5.60 Å². The largest absolute Gasteiger partial charge is 0.388 e. The van der Waals surface area contributed by atoms with Gasteiger partial charge in [0.15, 0.2) is 0 Å². The molecule has 0 radical (unpaired) electrons. The van der Waals surface area contributed by atoms with E-state index in [0.29, 0.717) is 19.4 Å². The summed E-state index contributed by atoms with van der Waals surface area (Å²) in [4.78, 5) is 13.4. The van der Waals surface area contributed by atoms with Crippen LogP contribution in [0.3, 0.4) is 0 Å². The van der Waals surface area contributed by atoms with Crippen molar-refractivity contribution >= 4 is 5.91 Å². The zero-order valence-electron chi connectivity index (χ0n) is 10.4. The first kappa shape index (κ1) is 13.5. The Kier molecular flexibility index (Phi) is 4.74. The van der Waals surface area contributed by atoms with Crippen LogP contribution in [0.15, 0.2) is 0 Å². The number of rotatable bonds is 5. The van der Waals surface area contributed by atoms with E-state index in [1.54, 1.807) is 11.9 Å². The van der Waals surface area contributed by atoms with Crippen LogP contribution in [0.1, 0.15) is 45.4 Å². The van der Waals surface area contributed by atoms with Gasteiger partial charge in [0, 0.05) is 26.1 Å². The van der Waals surface area contributed by atoms with E-state index in [0.717, 1.165) is 25.7 Å². The summed E-state index contributed by atoms with van der Waals surface area (Å²) < 4.78 is 0. The molecule has 1 saturated carbocycles. The van der Waals surface area contributed by atoms with Crippen molar-refractivity contribution < 1.29 is 9.90 Å². The van der Waals surface area contributed by atoms with Crippen molar-refractivity contribution in [3.63, 3.8) is 0 Å². The third-order valence-corrected chi connectivity index (χ3v) is 3.31. The van der Waals surface area contributed by atoms with Gasteiger partial charge in [-0.15, -0.1) is 0 Å². The lowest BCUT2D eigenvalue weighted by molar-refractivity contribution is -0.133. The monoisotopic (exact) mass is 228 g/mol. The Labute approximate surface area is 97.8 Å². The first-order valence-electron chi connectivity index (χ1n) is 6.15. The number of carbonyl (C=O) groups is 1. The number of nitrogens with zero attached hydrogens (tertiary/aromatic N) is 1. The average Bonchev–Trinajstić information content (AvgIpc) is 2.61. The summed E-state index contributed by atoms with van der Waals surface area (Å²) in [7, 11) is 1.76. The van der Waals surface area contributed by atoms with Crippen LogP contribution in [0.5, 0.6) is 0 Å². The van der Waals surface area contributed by atoms with Gasteiger partial charge in [-0.1, -0.05) is 12.8 Å². The predicted molar refractivity (Wildman–Crippen MR) is 63.9 cm³/mol. The molecule has 0 aromatic carbocycles. The van der Waals surface area contributed by atoms with Crippen LogP contribution in [0.25, 0.3) is 0 Å².